The number of rotatable bonds is 9. The van der Waals surface area contributed by atoms with E-state index in [1.807, 2.05) is 43.3 Å². The Morgan fingerprint density at radius 2 is 2.00 bits per heavy atom. The van der Waals surface area contributed by atoms with Crippen LogP contribution in [-0.4, -0.2) is 22.5 Å². The maximum atomic E-state index is 11.4. The van der Waals surface area contributed by atoms with Crippen molar-refractivity contribution in [3.05, 3.63) is 65.8 Å². The van der Waals surface area contributed by atoms with Crippen LogP contribution in [0.15, 0.2) is 53.2 Å². The fourth-order valence-corrected chi connectivity index (χ4v) is 2.49. The Balaban J connectivity index is 1.52. The van der Waals surface area contributed by atoms with Crippen LogP contribution >= 0.6 is 0 Å². The highest BCUT2D eigenvalue weighted by molar-refractivity contribution is 5.69. The average molecular weight is 382 g/mol. The number of hydrogen-bond acceptors (Lipinski definition) is 7. The SMILES string of the molecule is CCOOC(=O)CCc1ccc(OCc2nc(-c3cccnc3)oc2C)cc1. The van der Waals surface area contributed by atoms with Gasteiger partial charge in [0.05, 0.1) is 18.6 Å². The van der Waals surface area contributed by atoms with Gasteiger partial charge in [0.1, 0.15) is 23.8 Å². The molecule has 0 bridgehead atoms. The van der Waals surface area contributed by atoms with Crippen molar-refractivity contribution in [1.82, 2.24) is 9.97 Å². The van der Waals surface area contributed by atoms with Crippen LogP contribution in [0, 0.1) is 6.92 Å². The third-order valence-corrected chi connectivity index (χ3v) is 3.99. The van der Waals surface area contributed by atoms with Crippen molar-refractivity contribution in [3.63, 3.8) is 0 Å². The maximum Gasteiger partial charge on any atom is 0.342 e. The van der Waals surface area contributed by atoms with Crippen molar-refractivity contribution >= 4 is 5.97 Å². The number of carbonyl (C=O) groups excluding carboxylic acids is 1. The van der Waals surface area contributed by atoms with Gasteiger partial charge in [0.15, 0.2) is 0 Å². The molecule has 0 spiro atoms. The molecule has 0 amide bonds. The minimum atomic E-state index is -0.381. The molecule has 28 heavy (non-hydrogen) atoms. The normalized spacial score (nSPS) is 10.6. The van der Waals surface area contributed by atoms with Gasteiger partial charge < -0.3 is 9.15 Å². The topological polar surface area (TPSA) is 83.7 Å². The fraction of sp³-hybridized carbons (Fsp3) is 0.286. The van der Waals surface area contributed by atoms with Crippen molar-refractivity contribution in [3.8, 4) is 17.2 Å². The van der Waals surface area contributed by atoms with Gasteiger partial charge in [-0.1, -0.05) is 12.1 Å². The molecule has 0 aliphatic carbocycles. The van der Waals surface area contributed by atoms with Crippen LogP contribution in [0.3, 0.4) is 0 Å². The predicted molar refractivity (Wildman–Crippen MR) is 101 cm³/mol. The molecule has 2 aromatic heterocycles. The second-order valence-electron chi connectivity index (χ2n) is 6.06. The van der Waals surface area contributed by atoms with Gasteiger partial charge in [0.25, 0.3) is 0 Å². The van der Waals surface area contributed by atoms with Crippen molar-refractivity contribution in [2.24, 2.45) is 0 Å². The Morgan fingerprint density at radius 3 is 2.71 bits per heavy atom. The molecule has 146 valence electrons. The third kappa shape index (κ3) is 5.40. The predicted octanol–water partition coefficient (Wildman–Crippen LogP) is 4.05. The third-order valence-electron chi connectivity index (χ3n) is 3.99. The van der Waals surface area contributed by atoms with Gasteiger partial charge in [-0.25, -0.2) is 9.78 Å². The number of benzene rings is 1. The molecule has 0 saturated heterocycles. The van der Waals surface area contributed by atoms with Crippen LogP contribution in [0.5, 0.6) is 5.75 Å². The van der Waals surface area contributed by atoms with Crippen molar-refractivity contribution in [2.75, 3.05) is 6.61 Å². The van der Waals surface area contributed by atoms with E-state index in [1.54, 1.807) is 19.3 Å². The summed E-state index contributed by atoms with van der Waals surface area (Å²) >= 11 is 0. The zero-order valence-electron chi connectivity index (χ0n) is 15.9. The summed E-state index contributed by atoms with van der Waals surface area (Å²) in [7, 11) is 0. The van der Waals surface area contributed by atoms with Crippen molar-refractivity contribution in [1.29, 1.82) is 0 Å². The monoisotopic (exact) mass is 382 g/mol. The highest BCUT2D eigenvalue weighted by Crippen LogP contribution is 2.22. The van der Waals surface area contributed by atoms with Crippen LogP contribution in [0.1, 0.15) is 30.4 Å². The number of aromatic nitrogens is 2. The standard InChI is InChI=1S/C21H22N2O5/c1-3-26-28-20(24)11-8-16-6-9-18(10-7-16)25-14-19-15(2)27-21(23-19)17-5-4-12-22-13-17/h4-7,9-10,12-13H,3,8,11,14H2,1-2H3. The highest BCUT2D eigenvalue weighted by Gasteiger charge is 2.12. The lowest BCUT2D eigenvalue weighted by atomic mass is 10.1. The van der Waals surface area contributed by atoms with Gasteiger partial charge in [-0.05, 0) is 50.1 Å². The average Bonchev–Trinajstić information content (AvgIpc) is 3.11. The van der Waals surface area contributed by atoms with E-state index in [2.05, 4.69) is 19.7 Å². The fourth-order valence-electron chi connectivity index (χ4n) is 2.49. The first-order valence-electron chi connectivity index (χ1n) is 9.06. The van der Waals surface area contributed by atoms with Crippen LogP contribution in [0.2, 0.25) is 0 Å². The molecule has 7 nitrogen and oxygen atoms in total. The lowest BCUT2D eigenvalue weighted by Crippen LogP contribution is -2.06. The minimum Gasteiger partial charge on any atom is -0.487 e. The van der Waals surface area contributed by atoms with Crippen LogP contribution in [0.25, 0.3) is 11.5 Å². The summed E-state index contributed by atoms with van der Waals surface area (Å²) in [4.78, 5) is 29.2. The summed E-state index contributed by atoms with van der Waals surface area (Å²) in [6, 6.07) is 11.3. The maximum absolute atomic E-state index is 11.4. The van der Waals surface area contributed by atoms with Gasteiger partial charge >= 0.3 is 5.97 Å². The van der Waals surface area contributed by atoms with Gasteiger partial charge in [-0.2, -0.15) is 4.89 Å². The Hall–Kier alpha value is -3.19. The molecule has 0 saturated carbocycles. The molecule has 0 N–H and O–H groups in total. The van der Waals surface area contributed by atoms with E-state index in [-0.39, 0.29) is 12.4 Å². The number of hydrogen-bond donors (Lipinski definition) is 0. The summed E-state index contributed by atoms with van der Waals surface area (Å²) in [6.07, 6.45) is 4.24. The zero-order valence-corrected chi connectivity index (χ0v) is 15.9. The molecule has 0 unspecified atom stereocenters. The second-order valence-corrected chi connectivity index (χ2v) is 6.06. The number of ether oxygens (including phenoxy) is 1. The van der Waals surface area contributed by atoms with E-state index in [1.165, 1.54) is 0 Å². The van der Waals surface area contributed by atoms with Crippen LogP contribution in [0.4, 0.5) is 0 Å². The quantitative estimate of drug-likeness (QED) is 0.408. The summed E-state index contributed by atoms with van der Waals surface area (Å²) < 4.78 is 11.5. The molecule has 3 rings (SSSR count). The molecular weight excluding hydrogens is 360 g/mol. The first-order valence-corrected chi connectivity index (χ1v) is 9.06. The number of carbonyl (C=O) groups is 1. The Bertz CT molecular complexity index is 891. The van der Waals surface area contributed by atoms with E-state index in [9.17, 15) is 4.79 Å². The summed E-state index contributed by atoms with van der Waals surface area (Å²) in [6.45, 7) is 4.25. The molecule has 0 fully saturated rings. The van der Waals surface area contributed by atoms with E-state index >= 15 is 0 Å². The van der Waals surface area contributed by atoms with Gasteiger partial charge in [0.2, 0.25) is 5.89 Å². The van der Waals surface area contributed by atoms with E-state index in [0.29, 0.717) is 37.0 Å². The molecule has 0 radical (unpaired) electrons. The summed E-state index contributed by atoms with van der Waals surface area (Å²) in [5.41, 5.74) is 2.57. The number of nitrogens with zero attached hydrogens (tertiary/aromatic N) is 2. The van der Waals surface area contributed by atoms with Crippen LogP contribution < -0.4 is 4.74 Å². The molecule has 3 aromatic rings. The van der Waals surface area contributed by atoms with E-state index < -0.39 is 0 Å². The molecule has 0 aliphatic rings. The second kappa shape index (κ2) is 9.66. The summed E-state index contributed by atoms with van der Waals surface area (Å²) in [5, 5.41) is 0. The zero-order chi connectivity index (χ0) is 19.8. The van der Waals surface area contributed by atoms with E-state index in [4.69, 9.17) is 9.15 Å². The van der Waals surface area contributed by atoms with Crippen molar-refractivity contribution in [2.45, 2.75) is 33.3 Å². The lowest BCUT2D eigenvalue weighted by molar-refractivity contribution is -0.269. The lowest BCUT2D eigenvalue weighted by Gasteiger charge is -2.06. The number of oxazole rings is 1. The molecule has 2 heterocycles. The number of pyridine rings is 1. The molecule has 0 aliphatic heterocycles. The summed E-state index contributed by atoms with van der Waals surface area (Å²) in [5.74, 6) is 1.57. The van der Waals surface area contributed by atoms with E-state index in [0.717, 1.165) is 16.8 Å². The molecule has 1 aromatic carbocycles. The Morgan fingerprint density at radius 1 is 1.18 bits per heavy atom. The van der Waals surface area contributed by atoms with Gasteiger partial charge in [-0.15, -0.1) is 0 Å². The van der Waals surface area contributed by atoms with Crippen LogP contribution in [-0.2, 0) is 27.6 Å². The molecular formula is C21H22N2O5. The first kappa shape index (κ1) is 19.6. The van der Waals surface area contributed by atoms with Gasteiger partial charge in [0, 0.05) is 12.4 Å². The van der Waals surface area contributed by atoms with Gasteiger partial charge in [-0.3, -0.25) is 9.87 Å². The number of aryl methyl sites for hydroxylation is 2. The highest BCUT2D eigenvalue weighted by atomic mass is 17.2. The minimum absolute atomic E-state index is 0.259. The van der Waals surface area contributed by atoms with Crippen molar-refractivity contribution < 1.29 is 23.7 Å². The largest absolute Gasteiger partial charge is 0.487 e. The smallest absolute Gasteiger partial charge is 0.342 e. The first-order chi connectivity index (χ1) is 13.7. The Kier molecular flexibility index (Phi) is 6.75. The Labute approximate surface area is 163 Å². The molecule has 7 heteroatoms. The molecule has 0 atom stereocenters.